The van der Waals surface area contributed by atoms with Crippen LogP contribution >= 0.6 is 0 Å². The van der Waals surface area contributed by atoms with E-state index in [1.54, 1.807) is 24.3 Å². The second-order valence-electron chi connectivity index (χ2n) is 9.26. The molecule has 0 fully saturated rings. The highest BCUT2D eigenvalue weighted by Gasteiger charge is 2.18. The Hall–Kier alpha value is -4.25. The topological polar surface area (TPSA) is 76.0 Å². The molecule has 0 aliphatic heterocycles. The van der Waals surface area contributed by atoms with E-state index < -0.39 is 11.6 Å². The smallest absolute Gasteiger partial charge is 0.344 e. The van der Waals surface area contributed by atoms with E-state index in [2.05, 4.69) is 6.07 Å². The Bertz CT molecular complexity index is 1250. The average molecular weight is 469 g/mol. The number of carbonyl (C=O) groups is 1. The third-order valence-corrected chi connectivity index (χ3v) is 5.30. The molecule has 0 unspecified atom stereocenters. The molecule has 0 heterocycles. The number of phenolic OH excluding ortho intramolecular Hbond substituents is 2. The van der Waals surface area contributed by atoms with Gasteiger partial charge in [0.15, 0.2) is 6.61 Å². The Kier molecular flexibility index (Phi) is 6.78. The molecule has 0 radical (unpaired) electrons. The highest BCUT2D eigenvalue weighted by Crippen LogP contribution is 2.37. The van der Waals surface area contributed by atoms with Crippen LogP contribution in [0.25, 0.3) is 33.4 Å². The molecular weight excluding hydrogens is 440 g/mol. The first-order valence-electron chi connectivity index (χ1n) is 11.4. The molecule has 178 valence electrons. The molecule has 0 spiro atoms. The predicted molar refractivity (Wildman–Crippen MR) is 137 cm³/mol. The van der Waals surface area contributed by atoms with Crippen molar-refractivity contribution < 1.29 is 24.5 Å². The minimum Gasteiger partial charge on any atom is -0.508 e. The Morgan fingerprint density at radius 1 is 0.686 bits per heavy atom. The summed E-state index contributed by atoms with van der Waals surface area (Å²) in [4.78, 5) is 12.2. The zero-order valence-electron chi connectivity index (χ0n) is 20.0. The summed E-state index contributed by atoms with van der Waals surface area (Å²) in [7, 11) is 0. The summed E-state index contributed by atoms with van der Waals surface area (Å²) >= 11 is 0. The van der Waals surface area contributed by atoms with Crippen molar-refractivity contribution in [2.75, 3.05) is 6.61 Å². The molecule has 0 atom stereocenters. The lowest BCUT2D eigenvalue weighted by molar-refractivity contribution is -0.157. The average Bonchev–Trinajstić information content (AvgIpc) is 2.82. The van der Waals surface area contributed by atoms with Crippen LogP contribution in [0.15, 0.2) is 91.0 Å². The van der Waals surface area contributed by atoms with Gasteiger partial charge in [0.1, 0.15) is 22.8 Å². The number of hydrogen-bond donors (Lipinski definition) is 2. The van der Waals surface area contributed by atoms with Crippen molar-refractivity contribution in [1.82, 2.24) is 0 Å². The number of benzene rings is 4. The molecule has 4 aromatic rings. The second kappa shape index (κ2) is 9.94. The zero-order valence-corrected chi connectivity index (χ0v) is 20.0. The fourth-order valence-corrected chi connectivity index (χ4v) is 3.76. The van der Waals surface area contributed by atoms with Crippen LogP contribution < -0.4 is 4.74 Å². The maximum absolute atomic E-state index is 12.2. The number of hydrogen-bond acceptors (Lipinski definition) is 5. The highest BCUT2D eigenvalue weighted by atomic mass is 16.6. The van der Waals surface area contributed by atoms with Crippen molar-refractivity contribution in [2.45, 2.75) is 26.4 Å². The summed E-state index contributed by atoms with van der Waals surface area (Å²) < 4.78 is 11.3. The van der Waals surface area contributed by atoms with E-state index >= 15 is 0 Å². The Labute approximate surface area is 205 Å². The molecule has 0 aromatic heterocycles. The van der Waals surface area contributed by atoms with Crippen LogP contribution in [0, 0.1) is 0 Å². The molecule has 0 saturated heterocycles. The Morgan fingerprint density at radius 3 is 1.69 bits per heavy atom. The van der Waals surface area contributed by atoms with E-state index in [4.69, 9.17) is 9.47 Å². The van der Waals surface area contributed by atoms with Crippen molar-refractivity contribution in [3.63, 3.8) is 0 Å². The van der Waals surface area contributed by atoms with Crippen LogP contribution in [-0.2, 0) is 9.53 Å². The molecule has 0 amide bonds. The maximum Gasteiger partial charge on any atom is 0.344 e. The molecule has 0 aliphatic carbocycles. The molecule has 4 aromatic carbocycles. The van der Waals surface area contributed by atoms with Gasteiger partial charge >= 0.3 is 5.97 Å². The van der Waals surface area contributed by atoms with E-state index in [-0.39, 0.29) is 18.1 Å². The van der Waals surface area contributed by atoms with Crippen molar-refractivity contribution in [2.24, 2.45) is 0 Å². The van der Waals surface area contributed by atoms with Crippen LogP contribution in [0.3, 0.4) is 0 Å². The van der Waals surface area contributed by atoms with Crippen molar-refractivity contribution >= 4 is 5.97 Å². The lowest BCUT2D eigenvalue weighted by Gasteiger charge is -2.20. The summed E-state index contributed by atoms with van der Waals surface area (Å²) in [5, 5.41) is 19.5. The van der Waals surface area contributed by atoms with Gasteiger partial charge in [-0.2, -0.15) is 0 Å². The van der Waals surface area contributed by atoms with Crippen LogP contribution in [0.2, 0.25) is 0 Å². The standard InChI is InChI=1S/C30H28O5/c1-30(2,3)35-29(33)19-34-28-7-5-4-6-27(28)24-17-22(20-8-12-25(31)13-9-20)16-23(18-24)21-10-14-26(32)15-11-21/h4-18,31-32H,19H2,1-3H3. The SMILES string of the molecule is CC(C)(C)OC(=O)COc1ccccc1-c1cc(-c2ccc(O)cc2)cc(-c2ccc(O)cc2)c1. The first-order valence-corrected chi connectivity index (χ1v) is 11.4. The van der Waals surface area contributed by atoms with Crippen LogP contribution in [0.1, 0.15) is 20.8 Å². The monoisotopic (exact) mass is 468 g/mol. The first-order chi connectivity index (χ1) is 16.7. The summed E-state index contributed by atoms with van der Waals surface area (Å²) in [6, 6.07) is 27.8. The molecule has 0 bridgehead atoms. The number of carbonyl (C=O) groups excluding carboxylic acids is 1. The van der Waals surface area contributed by atoms with Gasteiger partial charge in [-0.1, -0.05) is 42.5 Å². The fourth-order valence-electron chi connectivity index (χ4n) is 3.76. The van der Waals surface area contributed by atoms with E-state index in [0.717, 1.165) is 33.4 Å². The van der Waals surface area contributed by atoms with E-state index in [1.807, 2.05) is 81.4 Å². The number of ether oxygens (including phenoxy) is 2. The summed E-state index contributed by atoms with van der Waals surface area (Å²) in [6.45, 7) is 5.26. The molecular formula is C30H28O5. The van der Waals surface area contributed by atoms with Crippen LogP contribution in [-0.4, -0.2) is 28.4 Å². The third-order valence-electron chi connectivity index (χ3n) is 5.30. The van der Waals surface area contributed by atoms with Gasteiger partial charge in [0.05, 0.1) is 0 Å². The molecule has 5 nitrogen and oxygen atoms in total. The van der Waals surface area contributed by atoms with E-state index in [1.165, 1.54) is 0 Å². The summed E-state index contributed by atoms with van der Waals surface area (Å²) in [5.74, 6) is 0.530. The molecule has 2 N–H and O–H groups in total. The number of phenols is 2. The normalized spacial score (nSPS) is 11.2. The van der Waals surface area contributed by atoms with Gasteiger partial charge in [0, 0.05) is 5.56 Å². The minimum absolute atomic E-state index is 0.198. The number of rotatable bonds is 6. The molecule has 0 saturated carbocycles. The predicted octanol–water partition coefficient (Wildman–Crippen LogP) is 6.82. The zero-order chi connectivity index (χ0) is 25.0. The molecule has 4 rings (SSSR count). The van der Waals surface area contributed by atoms with Gasteiger partial charge in [-0.3, -0.25) is 0 Å². The van der Waals surface area contributed by atoms with Gasteiger partial charge in [-0.15, -0.1) is 0 Å². The third kappa shape index (κ3) is 6.21. The molecule has 0 aliphatic rings. The quantitative estimate of drug-likeness (QED) is 0.304. The first kappa shape index (κ1) is 23.9. The summed E-state index contributed by atoms with van der Waals surface area (Å²) in [6.07, 6.45) is 0. The van der Waals surface area contributed by atoms with Gasteiger partial charge < -0.3 is 19.7 Å². The number of para-hydroxylation sites is 1. The van der Waals surface area contributed by atoms with Gasteiger partial charge in [-0.05, 0) is 97.1 Å². The van der Waals surface area contributed by atoms with Crippen molar-refractivity contribution in [3.05, 3.63) is 91.0 Å². The fraction of sp³-hybridized carbons (Fsp3) is 0.167. The van der Waals surface area contributed by atoms with Crippen molar-refractivity contribution in [1.29, 1.82) is 0 Å². The van der Waals surface area contributed by atoms with Gasteiger partial charge in [-0.25, -0.2) is 4.79 Å². The number of aromatic hydroxyl groups is 2. The maximum atomic E-state index is 12.2. The minimum atomic E-state index is -0.586. The Balaban J connectivity index is 1.76. The van der Waals surface area contributed by atoms with Crippen molar-refractivity contribution in [3.8, 4) is 50.6 Å². The lowest BCUT2D eigenvalue weighted by atomic mass is 9.93. The highest BCUT2D eigenvalue weighted by molar-refractivity contribution is 5.83. The lowest BCUT2D eigenvalue weighted by Crippen LogP contribution is -2.27. The second-order valence-corrected chi connectivity index (χ2v) is 9.26. The Morgan fingerprint density at radius 2 is 1.17 bits per heavy atom. The van der Waals surface area contributed by atoms with Crippen LogP contribution in [0.5, 0.6) is 17.2 Å². The molecule has 5 heteroatoms. The van der Waals surface area contributed by atoms with Gasteiger partial charge in [0.2, 0.25) is 0 Å². The molecule has 35 heavy (non-hydrogen) atoms. The summed E-state index contributed by atoms with van der Waals surface area (Å²) in [5.41, 5.74) is 4.93. The van der Waals surface area contributed by atoms with Crippen LogP contribution in [0.4, 0.5) is 0 Å². The van der Waals surface area contributed by atoms with Gasteiger partial charge in [0.25, 0.3) is 0 Å². The largest absolute Gasteiger partial charge is 0.508 e. The number of esters is 1. The van der Waals surface area contributed by atoms with E-state index in [0.29, 0.717) is 5.75 Å². The van der Waals surface area contributed by atoms with E-state index in [9.17, 15) is 15.0 Å².